The molecule has 2 amide bonds. The van der Waals surface area contributed by atoms with Gasteiger partial charge in [0, 0.05) is 35.8 Å². The Hall–Kier alpha value is -1.58. The van der Waals surface area contributed by atoms with Gasteiger partial charge in [-0.1, -0.05) is 0 Å². The monoisotopic (exact) mass is 338 g/mol. The smallest absolute Gasteiger partial charge is 0.322 e. The van der Waals surface area contributed by atoms with Crippen molar-refractivity contribution in [1.29, 1.82) is 0 Å². The van der Waals surface area contributed by atoms with Gasteiger partial charge in [0.15, 0.2) is 0 Å². The number of halogens is 3. The van der Waals surface area contributed by atoms with Crippen molar-refractivity contribution in [3.63, 3.8) is 0 Å². The van der Waals surface area contributed by atoms with Crippen molar-refractivity contribution < 1.29 is 22.2 Å². The van der Waals surface area contributed by atoms with Gasteiger partial charge in [0.05, 0.1) is 16.6 Å². The number of alkyl halides is 3. The lowest BCUT2D eigenvalue weighted by Crippen LogP contribution is -2.53. The topological polar surface area (TPSA) is 67.2 Å². The molecule has 1 N–H and O–H groups in total. The van der Waals surface area contributed by atoms with Gasteiger partial charge in [-0.3, -0.25) is 8.89 Å². The molecule has 22 heavy (non-hydrogen) atoms. The molecular formula is C12H17F3N4O2S. The third-order valence-corrected chi connectivity index (χ3v) is 5.16. The van der Waals surface area contributed by atoms with Gasteiger partial charge in [-0.25, -0.2) is 4.79 Å². The molecule has 0 bridgehead atoms. The van der Waals surface area contributed by atoms with Gasteiger partial charge in [0.1, 0.15) is 6.54 Å². The van der Waals surface area contributed by atoms with Crippen molar-refractivity contribution in [1.82, 2.24) is 14.7 Å². The fourth-order valence-corrected chi connectivity index (χ4v) is 3.39. The molecular weight excluding hydrogens is 321 g/mol. The average Bonchev–Trinajstić information content (AvgIpc) is 2.77. The fraction of sp³-hybridized carbons (Fsp3) is 0.667. The lowest BCUT2D eigenvalue weighted by atomic mass is 10.2. The predicted octanol–water partition coefficient (Wildman–Crippen LogP) is 1.82. The summed E-state index contributed by atoms with van der Waals surface area (Å²) in [6, 6.07) is -0.434. The van der Waals surface area contributed by atoms with Crippen molar-refractivity contribution in [2.24, 2.45) is 0 Å². The minimum atomic E-state index is -4.37. The summed E-state index contributed by atoms with van der Waals surface area (Å²) in [6.07, 6.45) is -2.08. The standard InChI is InChI=1S/C12H17F3N4O2S/c1-11(2)7-18(3-4-22(11)21)10(20)17-9-5-16-19(6-9)8-12(13,14)15/h5-6H,3-4,7-8H2,1-2H3,(H,17,20). The number of rotatable bonds is 2. The Morgan fingerprint density at radius 1 is 1.50 bits per heavy atom. The Morgan fingerprint density at radius 3 is 2.77 bits per heavy atom. The highest BCUT2D eigenvalue weighted by Gasteiger charge is 2.35. The highest BCUT2D eigenvalue weighted by atomic mass is 32.2. The molecule has 1 aromatic rings. The molecule has 2 rings (SSSR count). The second-order valence-corrected chi connectivity index (χ2v) is 7.91. The van der Waals surface area contributed by atoms with Gasteiger partial charge >= 0.3 is 12.2 Å². The van der Waals surface area contributed by atoms with Crippen LogP contribution >= 0.6 is 0 Å². The van der Waals surface area contributed by atoms with Crippen LogP contribution in [0.3, 0.4) is 0 Å². The SMILES string of the molecule is CC1(C)CN(C(=O)Nc2cnn(CC(F)(F)F)c2)CCS1=O. The molecule has 10 heteroatoms. The van der Waals surface area contributed by atoms with Crippen LogP contribution in [0, 0.1) is 0 Å². The van der Waals surface area contributed by atoms with E-state index < -0.39 is 34.3 Å². The first-order valence-corrected chi connectivity index (χ1v) is 7.92. The summed E-state index contributed by atoms with van der Waals surface area (Å²) >= 11 is 0. The summed E-state index contributed by atoms with van der Waals surface area (Å²) in [5.74, 6) is 0.383. The highest BCUT2D eigenvalue weighted by Crippen LogP contribution is 2.21. The van der Waals surface area contributed by atoms with E-state index in [0.717, 1.165) is 12.4 Å². The van der Waals surface area contributed by atoms with Crippen molar-refractivity contribution in [3.05, 3.63) is 12.4 Å². The van der Waals surface area contributed by atoms with Crippen LogP contribution in [0.5, 0.6) is 0 Å². The molecule has 124 valence electrons. The molecule has 2 heterocycles. The molecule has 0 spiro atoms. The zero-order chi connectivity index (χ0) is 16.5. The molecule has 0 aromatic carbocycles. The number of amides is 2. The maximum atomic E-state index is 12.2. The predicted molar refractivity (Wildman–Crippen MR) is 76.0 cm³/mol. The van der Waals surface area contributed by atoms with E-state index in [0.29, 0.717) is 23.5 Å². The molecule has 0 saturated carbocycles. The van der Waals surface area contributed by atoms with E-state index in [4.69, 9.17) is 0 Å². The number of carbonyl (C=O) groups excluding carboxylic acids is 1. The summed E-state index contributed by atoms with van der Waals surface area (Å²) in [4.78, 5) is 13.6. The lowest BCUT2D eigenvalue weighted by molar-refractivity contribution is -0.142. The van der Waals surface area contributed by atoms with Crippen molar-refractivity contribution in [2.75, 3.05) is 24.2 Å². The molecule has 0 aliphatic carbocycles. The first kappa shape index (κ1) is 16.8. The molecule has 6 nitrogen and oxygen atoms in total. The van der Waals surface area contributed by atoms with Gasteiger partial charge in [-0.15, -0.1) is 0 Å². The van der Waals surface area contributed by atoms with Gasteiger partial charge in [-0.2, -0.15) is 18.3 Å². The Morgan fingerprint density at radius 2 is 2.18 bits per heavy atom. The number of nitrogens with one attached hydrogen (secondary N) is 1. The first-order valence-electron chi connectivity index (χ1n) is 6.60. The van der Waals surface area contributed by atoms with Crippen LogP contribution in [-0.2, 0) is 17.3 Å². The molecule has 1 fully saturated rings. The average molecular weight is 338 g/mol. The molecule has 1 saturated heterocycles. The normalized spacial score (nSPS) is 21.7. The molecule has 1 aromatic heterocycles. The summed E-state index contributed by atoms with van der Waals surface area (Å²) in [7, 11) is -1.00. The molecule has 1 unspecified atom stereocenters. The van der Waals surface area contributed by atoms with Crippen LogP contribution in [0.4, 0.5) is 23.7 Å². The van der Waals surface area contributed by atoms with E-state index in [-0.39, 0.29) is 5.69 Å². The zero-order valence-electron chi connectivity index (χ0n) is 12.2. The second-order valence-electron chi connectivity index (χ2n) is 5.70. The lowest BCUT2D eigenvalue weighted by Gasteiger charge is -2.37. The third kappa shape index (κ3) is 4.21. The fourth-order valence-electron chi connectivity index (χ4n) is 2.15. The quantitative estimate of drug-likeness (QED) is 0.894. The zero-order valence-corrected chi connectivity index (χ0v) is 13.0. The van der Waals surface area contributed by atoms with Crippen molar-refractivity contribution in [3.8, 4) is 0 Å². The van der Waals surface area contributed by atoms with Gasteiger partial charge in [0.25, 0.3) is 0 Å². The van der Waals surface area contributed by atoms with E-state index >= 15 is 0 Å². The van der Waals surface area contributed by atoms with Crippen molar-refractivity contribution >= 4 is 22.5 Å². The van der Waals surface area contributed by atoms with Crippen LogP contribution in [-0.4, -0.2) is 54.7 Å². The van der Waals surface area contributed by atoms with Crippen LogP contribution < -0.4 is 5.32 Å². The number of urea groups is 1. The minimum absolute atomic E-state index is 0.193. The first-order chi connectivity index (χ1) is 10.1. The van der Waals surface area contributed by atoms with Crippen LogP contribution in [0.2, 0.25) is 0 Å². The Labute approximate surface area is 128 Å². The Bertz CT molecular complexity index is 585. The Kier molecular flexibility index (Phi) is 4.50. The van der Waals surface area contributed by atoms with Crippen LogP contribution in [0.25, 0.3) is 0 Å². The molecule has 1 aliphatic heterocycles. The van der Waals surface area contributed by atoms with E-state index in [1.807, 2.05) is 13.8 Å². The van der Waals surface area contributed by atoms with E-state index in [9.17, 15) is 22.2 Å². The van der Waals surface area contributed by atoms with Crippen LogP contribution in [0.1, 0.15) is 13.8 Å². The number of nitrogens with zero attached hydrogens (tertiary/aromatic N) is 3. The maximum Gasteiger partial charge on any atom is 0.408 e. The minimum Gasteiger partial charge on any atom is -0.322 e. The van der Waals surface area contributed by atoms with Crippen LogP contribution in [0.15, 0.2) is 12.4 Å². The van der Waals surface area contributed by atoms with Crippen molar-refractivity contribution in [2.45, 2.75) is 31.3 Å². The molecule has 0 radical (unpaired) electrons. The number of anilines is 1. The number of hydrogen-bond acceptors (Lipinski definition) is 3. The number of aromatic nitrogens is 2. The summed E-state index contributed by atoms with van der Waals surface area (Å²) < 4.78 is 48.7. The second kappa shape index (κ2) is 5.90. The highest BCUT2D eigenvalue weighted by molar-refractivity contribution is 7.86. The van der Waals surface area contributed by atoms with Gasteiger partial charge in [-0.05, 0) is 13.8 Å². The summed E-state index contributed by atoms with van der Waals surface area (Å²) in [5.41, 5.74) is 0.193. The molecule has 1 atom stereocenters. The largest absolute Gasteiger partial charge is 0.408 e. The van der Waals surface area contributed by atoms with Gasteiger partial charge < -0.3 is 10.2 Å². The summed E-state index contributed by atoms with van der Waals surface area (Å²) in [6.45, 7) is 3.08. The number of carbonyl (C=O) groups is 1. The van der Waals surface area contributed by atoms with E-state index in [2.05, 4.69) is 10.4 Å². The number of hydrogen-bond donors (Lipinski definition) is 1. The van der Waals surface area contributed by atoms with E-state index in [1.54, 1.807) is 0 Å². The van der Waals surface area contributed by atoms with Gasteiger partial charge in [0.2, 0.25) is 0 Å². The summed E-state index contributed by atoms with van der Waals surface area (Å²) in [5, 5.41) is 6.06. The third-order valence-electron chi connectivity index (χ3n) is 3.25. The Balaban J connectivity index is 1.96. The maximum absolute atomic E-state index is 12.2. The molecule has 1 aliphatic rings. The van der Waals surface area contributed by atoms with E-state index in [1.165, 1.54) is 4.90 Å².